The van der Waals surface area contributed by atoms with Crippen LogP contribution < -0.4 is 5.32 Å². The maximum atomic E-state index is 5.76. The summed E-state index contributed by atoms with van der Waals surface area (Å²) in [6, 6.07) is 0. The normalized spacial score (nSPS) is 30.6. The number of nitrogens with one attached hydrogen (secondary N) is 1. The molecule has 0 spiro atoms. The molecule has 1 aliphatic carbocycles. The lowest BCUT2D eigenvalue weighted by Gasteiger charge is -2.35. The van der Waals surface area contributed by atoms with Gasteiger partial charge in [0.05, 0.1) is 0 Å². The van der Waals surface area contributed by atoms with Crippen molar-refractivity contribution in [3.05, 3.63) is 0 Å². The lowest BCUT2D eigenvalue weighted by molar-refractivity contribution is 0.0449. The quantitative estimate of drug-likeness (QED) is 0.675. The summed E-state index contributed by atoms with van der Waals surface area (Å²) in [4.78, 5) is 0. The molecule has 2 nitrogen and oxygen atoms in total. The largest absolute Gasteiger partial charge is 0.381 e. The first-order chi connectivity index (χ1) is 7.81. The second-order valence-corrected chi connectivity index (χ2v) is 5.24. The van der Waals surface area contributed by atoms with Crippen molar-refractivity contribution in [2.45, 2.75) is 46.0 Å². The fourth-order valence-electron chi connectivity index (χ4n) is 2.91. The van der Waals surface area contributed by atoms with Crippen molar-refractivity contribution in [3.63, 3.8) is 0 Å². The molecule has 16 heavy (non-hydrogen) atoms. The van der Waals surface area contributed by atoms with Gasteiger partial charge < -0.3 is 10.1 Å². The van der Waals surface area contributed by atoms with Gasteiger partial charge in [0.15, 0.2) is 0 Å². The summed E-state index contributed by atoms with van der Waals surface area (Å²) in [5.41, 5.74) is 0. The van der Waals surface area contributed by atoms with Crippen molar-refractivity contribution < 1.29 is 4.74 Å². The fourth-order valence-corrected chi connectivity index (χ4v) is 2.91. The third kappa shape index (κ3) is 4.42. The van der Waals surface area contributed by atoms with Gasteiger partial charge in [-0.2, -0.15) is 0 Å². The van der Waals surface area contributed by atoms with Crippen molar-refractivity contribution in [1.29, 1.82) is 0 Å². The molecule has 0 aromatic rings. The second kappa shape index (κ2) is 8.08. The van der Waals surface area contributed by atoms with Crippen molar-refractivity contribution in [3.8, 4) is 0 Å². The summed E-state index contributed by atoms with van der Waals surface area (Å²) in [7, 11) is 2.07. The molecule has 1 rings (SSSR count). The predicted octanol–water partition coefficient (Wildman–Crippen LogP) is 3.07. The van der Waals surface area contributed by atoms with Crippen LogP contribution in [0.15, 0.2) is 0 Å². The van der Waals surface area contributed by atoms with Gasteiger partial charge in [-0.3, -0.25) is 0 Å². The maximum Gasteiger partial charge on any atom is 0.0497 e. The van der Waals surface area contributed by atoms with Crippen LogP contribution in [0.5, 0.6) is 0 Å². The van der Waals surface area contributed by atoms with Gasteiger partial charge in [0, 0.05) is 13.2 Å². The zero-order valence-electron chi connectivity index (χ0n) is 11.3. The van der Waals surface area contributed by atoms with E-state index in [0.717, 1.165) is 43.9 Å². The van der Waals surface area contributed by atoms with Crippen LogP contribution in [0.3, 0.4) is 0 Å². The van der Waals surface area contributed by atoms with Gasteiger partial charge in [0.1, 0.15) is 0 Å². The van der Waals surface area contributed by atoms with Gasteiger partial charge in [-0.15, -0.1) is 0 Å². The Kier molecular flexibility index (Phi) is 7.06. The van der Waals surface area contributed by atoms with Crippen LogP contribution in [0.2, 0.25) is 0 Å². The number of hydrogen-bond donors (Lipinski definition) is 1. The van der Waals surface area contributed by atoms with Crippen molar-refractivity contribution >= 4 is 0 Å². The van der Waals surface area contributed by atoms with E-state index in [1.807, 2.05) is 0 Å². The first-order valence-electron chi connectivity index (χ1n) is 7.04. The van der Waals surface area contributed by atoms with Crippen LogP contribution in [-0.4, -0.2) is 26.8 Å². The molecule has 0 amide bonds. The average molecular weight is 227 g/mol. The molecule has 3 unspecified atom stereocenters. The Balaban J connectivity index is 2.37. The molecule has 0 aliphatic heterocycles. The van der Waals surface area contributed by atoms with Crippen molar-refractivity contribution in [1.82, 2.24) is 5.32 Å². The Bertz CT molecular complexity index is 172. The minimum atomic E-state index is 0.790. The number of hydrogen-bond acceptors (Lipinski definition) is 2. The lowest BCUT2D eigenvalue weighted by Crippen LogP contribution is -2.34. The second-order valence-electron chi connectivity index (χ2n) is 5.24. The highest BCUT2D eigenvalue weighted by molar-refractivity contribution is 4.80. The minimum Gasteiger partial charge on any atom is -0.381 e. The van der Waals surface area contributed by atoms with Crippen LogP contribution in [0.25, 0.3) is 0 Å². The highest BCUT2D eigenvalue weighted by atomic mass is 16.5. The van der Waals surface area contributed by atoms with E-state index in [9.17, 15) is 0 Å². The summed E-state index contributed by atoms with van der Waals surface area (Å²) in [6.45, 7) is 7.58. The summed E-state index contributed by atoms with van der Waals surface area (Å²) < 4.78 is 5.76. The highest BCUT2D eigenvalue weighted by Gasteiger charge is 2.29. The Morgan fingerprint density at radius 3 is 2.62 bits per heavy atom. The van der Waals surface area contributed by atoms with E-state index in [2.05, 4.69) is 26.2 Å². The molecular formula is C14H29NO. The third-order valence-electron chi connectivity index (χ3n) is 3.97. The lowest BCUT2D eigenvalue weighted by atomic mass is 9.73. The molecular weight excluding hydrogens is 198 g/mol. The highest BCUT2D eigenvalue weighted by Crippen LogP contribution is 2.35. The predicted molar refractivity (Wildman–Crippen MR) is 69.6 cm³/mol. The minimum absolute atomic E-state index is 0.790. The molecule has 0 radical (unpaired) electrons. The Hall–Kier alpha value is -0.0800. The first-order valence-corrected chi connectivity index (χ1v) is 7.04. The van der Waals surface area contributed by atoms with Crippen molar-refractivity contribution in [2.24, 2.45) is 17.8 Å². The van der Waals surface area contributed by atoms with Crippen LogP contribution in [0.1, 0.15) is 46.0 Å². The number of rotatable bonds is 7. The number of ether oxygens (including phenoxy) is 1. The van der Waals surface area contributed by atoms with E-state index < -0.39 is 0 Å². The van der Waals surface area contributed by atoms with E-state index in [1.165, 1.54) is 25.7 Å². The van der Waals surface area contributed by atoms with Crippen LogP contribution in [0, 0.1) is 17.8 Å². The summed E-state index contributed by atoms with van der Waals surface area (Å²) in [5, 5.41) is 3.34. The molecule has 0 aromatic carbocycles. The molecule has 96 valence electrons. The molecule has 1 aliphatic rings. The topological polar surface area (TPSA) is 21.3 Å². The first kappa shape index (κ1) is 14.0. The van der Waals surface area contributed by atoms with Crippen LogP contribution in [0.4, 0.5) is 0 Å². The molecule has 1 N–H and O–H groups in total. The SMILES string of the molecule is CCCOCC1CC(CC)CCC1CNC. The zero-order valence-corrected chi connectivity index (χ0v) is 11.3. The summed E-state index contributed by atoms with van der Waals surface area (Å²) >= 11 is 0. The smallest absolute Gasteiger partial charge is 0.0497 e. The molecule has 1 fully saturated rings. The van der Waals surface area contributed by atoms with Crippen molar-refractivity contribution in [2.75, 3.05) is 26.8 Å². The van der Waals surface area contributed by atoms with Gasteiger partial charge in [-0.25, -0.2) is 0 Å². The van der Waals surface area contributed by atoms with Gasteiger partial charge >= 0.3 is 0 Å². The third-order valence-corrected chi connectivity index (χ3v) is 3.97. The van der Waals surface area contributed by atoms with E-state index >= 15 is 0 Å². The maximum absolute atomic E-state index is 5.76. The fraction of sp³-hybridized carbons (Fsp3) is 1.00. The van der Waals surface area contributed by atoms with Gasteiger partial charge in [0.25, 0.3) is 0 Å². The molecule has 3 atom stereocenters. The molecule has 1 saturated carbocycles. The Labute approximate surface area is 101 Å². The standard InChI is InChI=1S/C14H29NO/c1-4-8-16-11-14-9-12(5-2)6-7-13(14)10-15-3/h12-15H,4-11H2,1-3H3. The molecule has 2 heteroatoms. The average Bonchev–Trinajstić information content (AvgIpc) is 2.31. The van der Waals surface area contributed by atoms with Crippen LogP contribution in [-0.2, 0) is 4.74 Å². The molecule has 0 heterocycles. The van der Waals surface area contributed by atoms with E-state index in [1.54, 1.807) is 0 Å². The van der Waals surface area contributed by atoms with Gasteiger partial charge in [0.2, 0.25) is 0 Å². The molecule has 0 bridgehead atoms. The van der Waals surface area contributed by atoms with Crippen LogP contribution >= 0.6 is 0 Å². The summed E-state index contributed by atoms with van der Waals surface area (Å²) in [6.07, 6.45) is 6.68. The monoisotopic (exact) mass is 227 g/mol. The summed E-state index contributed by atoms with van der Waals surface area (Å²) in [5.74, 6) is 2.57. The Morgan fingerprint density at radius 2 is 2.00 bits per heavy atom. The molecule has 0 aromatic heterocycles. The van der Waals surface area contributed by atoms with Gasteiger partial charge in [-0.05, 0) is 50.6 Å². The Morgan fingerprint density at radius 1 is 1.19 bits per heavy atom. The van der Waals surface area contributed by atoms with E-state index in [-0.39, 0.29) is 0 Å². The van der Waals surface area contributed by atoms with Gasteiger partial charge in [-0.1, -0.05) is 26.7 Å². The zero-order chi connectivity index (χ0) is 11.8. The molecule has 0 saturated heterocycles. The van der Waals surface area contributed by atoms with E-state index in [4.69, 9.17) is 4.74 Å². The van der Waals surface area contributed by atoms with E-state index in [0.29, 0.717) is 0 Å².